The van der Waals surface area contributed by atoms with E-state index in [4.69, 9.17) is 5.73 Å². The average Bonchev–Trinajstić information content (AvgIpc) is 2.98. The molecule has 0 aliphatic carbocycles. The van der Waals surface area contributed by atoms with Crippen LogP contribution in [-0.2, 0) is 32.7 Å². The number of thioether (sulfide) groups is 1. The highest BCUT2D eigenvalue weighted by Crippen LogP contribution is 2.39. The summed E-state index contributed by atoms with van der Waals surface area (Å²) in [6.07, 6.45) is 1.75. The number of carboxylic acid groups (broad SMARTS) is 1. The van der Waals surface area contributed by atoms with E-state index in [0.717, 1.165) is 0 Å². The van der Waals surface area contributed by atoms with Gasteiger partial charge in [0.25, 0.3) is 0 Å². The topological polar surface area (TPSA) is 134 Å². The van der Waals surface area contributed by atoms with E-state index in [1.807, 2.05) is 0 Å². The first-order chi connectivity index (χ1) is 12.3. The molecule has 0 radical (unpaired) electrons. The molecule has 2 aliphatic rings. The Morgan fingerprint density at radius 1 is 1.41 bits per heavy atom. The Bertz CT molecular complexity index is 818. The Hall–Kier alpha value is -1.66. The number of hydrogen-bond acceptors (Lipinski definition) is 8. The second kappa shape index (κ2) is 10.9. The number of anilines is 1. The van der Waals surface area contributed by atoms with E-state index >= 15 is 0 Å². The first kappa shape index (κ1) is 27.3. The molecule has 0 aromatic carbocycles. The fourth-order valence-electron chi connectivity index (χ4n) is 2.96. The number of aromatic nitrogens is 2. The number of rotatable bonds is 6. The maximum absolute atomic E-state index is 12.0. The lowest BCUT2D eigenvalue weighted by atomic mass is 10.0. The van der Waals surface area contributed by atoms with E-state index in [-0.39, 0.29) is 61.4 Å². The number of carboxylic acids is 1. The number of nitrogens with two attached hydrogens (primary N) is 1. The van der Waals surface area contributed by atoms with Crippen molar-refractivity contribution in [1.29, 1.82) is 0 Å². The second-order valence-corrected chi connectivity index (χ2v) is 7.03. The molecule has 0 spiro atoms. The third-order valence-corrected chi connectivity index (χ3v) is 5.78. The van der Waals surface area contributed by atoms with Crippen LogP contribution in [0.25, 0.3) is 0 Å². The lowest BCUT2D eigenvalue weighted by molar-refractivity contribution is -0.765. The van der Waals surface area contributed by atoms with E-state index in [1.54, 1.807) is 28.7 Å². The van der Waals surface area contributed by atoms with Gasteiger partial charge in [0.05, 0.1) is 31.9 Å². The van der Waals surface area contributed by atoms with Crippen molar-refractivity contribution in [3.63, 3.8) is 0 Å². The van der Waals surface area contributed by atoms with Crippen LogP contribution in [-0.4, -0.2) is 58.3 Å². The molecule has 1 aromatic heterocycles. The van der Waals surface area contributed by atoms with Gasteiger partial charge in [0.2, 0.25) is 5.91 Å². The largest absolute Gasteiger partial charge is 0.543 e. The smallest absolute Gasteiger partial charge is 0.325 e. The predicted molar refractivity (Wildman–Crippen MR) is 111 cm³/mol. The number of β-lactam (4-membered cyclic amide) rings is 1. The number of ether oxygens (including phenoxy) is 1. The minimum absolute atomic E-state index is 0. The first-order valence-electron chi connectivity index (χ1n) is 7.85. The Morgan fingerprint density at radius 2 is 2.07 bits per heavy atom. The third-order valence-electron chi connectivity index (χ3n) is 4.41. The molecule has 1 amide bonds. The molecule has 1 aromatic rings. The first-order valence-corrected chi connectivity index (χ1v) is 8.89. The molecule has 29 heavy (non-hydrogen) atoms. The van der Waals surface area contributed by atoms with Gasteiger partial charge in [0.15, 0.2) is 18.6 Å². The van der Waals surface area contributed by atoms with E-state index in [9.17, 15) is 19.5 Å². The molecule has 164 valence electrons. The van der Waals surface area contributed by atoms with Gasteiger partial charge >= 0.3 is 5.97 Å². The highest BCUT2D eigenvalue weighted by molar-refractivity contribution is 8.00. The molecule has 10 nitrogen and oxygen atoms in total. The minimum atomic E-state index is -1.38. The molecule has 3 heterocycles. The Morgan fingerprint density at radius 3 is 2.66 bits per heavy atom. The molecular formula is C15H22Cl3N5O5S. The summed E-state index contributed by atoms with van der Waals surface area (Å²) in [6, 6.07) is 1.08. The van der Waals surface area contributed by atoms with Gasteiger partial charge in [-0.2, -0.15) is 0 Å². The normalized spacial score (nSPS) is 19.7. The van der Waals surface area contributed by atoms with E-state index in [0.29, 0.717) is 17.1 Å². The average molecular weight is 491 g/mol. The number of methoxy groups -OCH3 is 1. The number of fused-ring (bicyclic) bond motifs is 1. The summed E-state index contributed by atoms with van der Waals surface area (Å²) in [5.41, 5.74) is 6.20. The predicted octanol–water partition coefficient (Wildman–Crippen LogP) is -1.59. The number of nitrogens with one attached hydrogen (secondary N) is 1. The molecule has 1 fully saturated rings. The Balaban J connectivity index is 0.00000261. The van der Waals surface area contributed by atoms with Crippen molar-refractivity contribution in [1.82, 2.24) is 9.58 Å². The van der Waals surface area contributed by atoms with Crippen molar-refractivity contribution in [3.05, 3.63) is 23.5 Å². The van der Waals surface area contributed by atoms with Crippen molar-refractivity contribution in [2.75, 3.05) is 24.7 Å². The molecule has 0 unspecified atom stereocenters. The second-order valence-electron chi connectivity index (χ2n) is 5.93. The molecule has 3 rings (SSSR count). The Labute approximate surface area is 190 Å². The van der Waals surface area contributed by atoms with Crippen molar-refractivity contribution in [2.45, 2.75) is 18.0 Å². The van der Waals surface area contributed by atoms with Gasteiger partial charge < -0.3 is 25.7 Å². The van der Waals surface area contributed by atoms with Crippen LogP contribution in [0, 0.1) is 0 Å². The summed E-state index contributed by atoms with van der Waals surface area (Å²) in [7, 11) is 3.07. The number of amides is 1. The number of nitrogens with zero attached hydrogens (tertiary/aromatic N) is 3. The standard InChI is InChI=1S/C15H19N5O5S.3ClH/c1-18-9(17-5-10(21)25-2)3-4-19(18)6-8-7-26-14-11(16)13(22)20(14)12(8)15(23)24;;;/h3-4,11,14H,5-7,16H2,1-2H3,(H,23,24);3*1H/t11-,14-;;;/m1.../s1. The summed E-state index contributed by atoms with van der Waals surface area (Å²) in [4.78, 5) is 36.0. The van der Waals surface area contributed by atoms with E-state index in [1.165, 1.54) is 23.8 Å². The van der Waals surface area contributed by atoms with E-state index in [2.05, 4.69) is 10.1 Å². The maximum Gasteiger partial charge on any atom is 0.325 e. The molecule has 3 N–H and O–H groups in total. The molecule has 2 atom stereocenters. The lowest BCUT2D eigenvalue weighted by Crippen LogP contribution is -2.69. The van der Waals surface area contributed by atoms with Gasteiger partial charge in [0.1, 0.15) is 18.0 Å². The van der Waals surface area contributed by atoms with Crippen LogP contribution in [0.5, 0.6) is 0 Å². The fourth-order valence-corrected chi connectivity index (χ4v) is 4.24. The number of hydrogen-bond donors (Lipinski definition) is 2. The van der Waals surface area contributed by atoms with Crippen LogP contribution in [0.2, 0.25) is 0 Å². The summed E-state index contributed by atoms with van der Waals surface area (Å²) < 4.78 is 8.09. The molecule has 2 aliphatic heterocycles. The zero-order valence-corrected chi connectivity index (χ0v) is 18.8. The summed E-state index contributed by atoms with van der Waals surface area (Å²) in [5, 5.41) is 14.2. The van der Waals surface area contributed by atoms with Crippen LogP contribution < -0.4 is 20.8 Å². The van der Waals surface area contributed by atoms with Gasteiger partial charge in [-0.1, -0.05) is 0 Å². The van der Waals surface area contributed by atoms with Crippen LogP contribution in [0.15, 0.2) is 23.5 Å². The minimum Gasteiger partial charge on any atom is -0.543 e. The van der Waals surface area contributed by atoms with Gasteiger partial charge in [0, 0.05) is 11.3 Å². The summed E-state index contributed by atoms with van der Waals surface area (Å²) >= 11 is 1.43. The zero-order valence-electron chi connectivity index (χ0n) is 15.5. The Kier molecular flexibility index (Phi) is 10.3. The van der Waals surface area contributed by atoms with Crippen LogP contribution >= 0.6 is 49.0 Å². The van der Waals surface area contributed by atoms with Crippen molar-refractivity contribution < 1.29 is 28.9 Å². The van der Waals surface area contributed by atoms with Crippen molar-refractivity contribution >= 4 is 72.6 Å². The summed E-state index contributed by atoms with van der Waals surface area (Å²) in [5.74, 6) is -1.09. The van der Waals surface area contributed by atoms with Crippen LogP contribution in [0.3, 0.4) is 0 Å². The number of aliphatic carboxylic acids is 1. The number of carbonyl (C=O) groups excluding carboxylic acids is 3. The molecule has 1 saturated heterocycles. The fraction of sp³-hybridized carbons (Fsp3) is 0.467. The molecule has 0 saturated carbocycles. The van der Waals surface area contributed by atoms with Gasteiger partial charge in [-0.15, -0.1) is 58.3 Å². The highest BCUT2D eigenvalue weighted by atomic mass is 35.5. The number of esters is 1. The zero-order chi connectivity index (χ0) is 19.0. The van der Waals surface area contributed by atoms with Crippen LogP contribution in [0.4, 0.5) is 5.82 Å². The third kappa shape index (κ3) is 5.10. The molecule has 14 heteroatoms. The monoisotopic (exact) mass is 489 g/mol. The SMILES string of the molecule is COC(=O)CNc1cc[n+](CC2=C(C(=O)[O-])N3C(=O)[C@@H](N)[C@H]3SC2)n1C.Cl.Cl.Cl. The molecular weight excluding hydrogens is 469 g/mol. The van der Waals surface area contributed by atoms with E-state index < -0.39 is 23.9 Å². The van der Waals surface area contributed by atoms with Gasteiger partial charge in [-0.25, -0.2) is 0 Å². The highest BCUT2D eigenvalue weighted by Gasteiger charge is 2.50. The van der Waals surface area contributed by atoms with Gasteiger partial charge in [-0.05, 0) is 0 Å². The van der Waals surface area contributed by atoms with Gasteiger partial charge in [-0.3, -0.25) is 14.5 Å². The summed E-state index contributed by atoms with van der Waals surface area (Å²) in [6.45, 7) is 0.275. The van der Waals surface area contributed by atoms with Crippen molar-refractivity contribution in [3.8, 4) is 0 Å². The van der Waals surface area contributed by atoms with Crippen molar-refractivity contribution in [2.24, 2.45) is 12.8 Å². The number of carbonyl (C=O) groups is 3. The molecule has 0 bridgehead atoms. The lowest BCUT2D eigenvalue weighted by Gasteiger charge is -2.49. The van der Waals surface area contributed by atoms with Crippen LogP contribution in [0.1, 0.15) is 0 Å². The number of halogens is 3. The quantitative estimate of drug-likeness (QED) is 0.277. The maximum atomic E-state index is 12.0.